The molecule has 1 aliphatic rings. The lowest BCUT2D eigenvalue weighted by molar-refractivity contribution is -0.120. The number of sulfonamides is 1. The van der Waals surface area contributed by atoms with Gasteiger partial charge < -0.3 is 5.32 Å². The molecule has 1 fully saturated rings. The Morgan fingerprint density at radius 1 is 0.903 bits per heavy atom. The second-order valence-electron chi connectivity index (χ2n) is 8.72. The molecule has 2 aromatic rings. The van der Waals surface area contributed by atoms with E-state index in [2.05, 4.69) is 5.32 Å². The molecule has 168 valence electrons. The summed E-state index contributed by atoms with van der Waals surface area (Å²) in [6.07, 6.45) is 7.78. The van der Waals surface area contributed by atoms with Gasteiger partial charge in [0.25, 0.3) is 10.0 Å². The van der Waals surface area contributed by atoms with Gasteiger partial charge in [-0.15, -0.1) is 0 Å². The van der Waals surface area contributed by atoms with Gasteiger partial charge >= 0.3 is 0 Å². The molecule has 1 amide bonds. The fourth-order valence-corrected chi connectivity index (χ4v) is 5.61. The molecule has 0 heterocycles. The molecule has 0 aromatic heterocycles. The largest absolute Gasteiger partial charge is 0.352 e. The molecular weight excluding hydrogens is 408 g/mol. The molecule has 0 saturated heterocycles. The standard InChI is InChI=1S/C25H34N2O3S/c1-19-12-15-23(16-13-19)31(29,30)27(24-17-20(2)11-14-21(24)3)18-25(28)26-22-9-7-5-4-6-8-10-22/h11-17,22H,4-10,18H2,1-3H3,(H,26,28). The number of nitrogens with one attached hydrogen (secondary N) is 1. The van der Waals surface area contributed by atoms with Crippen molar-refractivity contribution in [2.24, 2.45) is 0 Å². The Labute approximate surface area is 186 Å². The summed E-state index contributed by atoms with van der Waals surface area (Å²) < 4.78 is 28.4. The van der Waals surface area contributed by atoms with Crippen molar-refractivity contribution >= 4 is 21.6 Å². The monoisotopic (exact) mass is 442 g/mol. The van der Waals surface area contributed by atoms with Crippen molar-refractivity contribution in [1.29, 1.82) is 0 Å². The maximum atomic E-state index is 13.6. The molecule has 0 atom stereocenters. The van der Waals surface area contributed by atoms with Gasteiger partial charge in [-0.05, 0) is 62.9 Å². The number of aryl methyl sites for hydroxylation is 3. The Bertz CT molecular complexity index is 992. The van der Waals surface area contributed by atoms with E-state index < -0.39 is 10.0 Å². The smallest absolute Gasteiger partial charge is 0.264 e. The van der Waals surface area contributed by atoms with Crippen molar-refractivity contribution < 1.29 is 13.2 Å². The zero-order valence-corrected chi connectivity index (χ0v) is 19.7. The molecular formula is C25H34N2O3S. The SMILES string of the molecule is Cc1ccc(S(=O)(=O)N(CC(=O)NC2CCCCCCC2)c2cc(C)ccc2C)cc1. The highest BCUT2D eigenvalue weighted by molar-refractivity contribution is 7.92. The van der Waals surface area contributed by atoms with E-state index in [-0.39, 0.29) is 23.4 Å². The van der Waals surface area contributed by atoms with E-state index in [4.69, 9.17) is 0 Å². The molecule has 0 aliphatic heterocycles. The van der Waals surface area contributed by atoms with Crippen molar-refractivity contribution in [3.8, 4) is 0 Å². The minimum Gasteiger partial charge on any atom is -0.352 e. The van der Waals surface area contributed by atoms with Gasteiger partial charge in [0.1, 0.15) is 6.54 Å². The lowest BCUT2D eigenvalue weighted by Crippen LogP contribution is -2.44. The highest BCUT2D eigenvalue weighted by Crippen LogP contribution is 2.28. The summed E-state index contributed by atoms with van der Waals surface area (Å²) >= 11 is 0. The molecule has 0 bridgehead atoms. The van der Waals surface area contributed by atoms with Crippen LogP contribution in [0.5, 0.6) is 0 Å². The van der Waals surface area contributed by atoms with Gasteiger partial charge in [-0.1, -0.05) is 61.9 Å². The van der Waals surface area contributed by atoms with Crippen LogP contribution in [0.1, 0.15) is 61.6 Å². The average molecular weight is 443 g/mol. The third-order valence-corrected chi connectivity index (χ3v) is 7.77. The van der Waals surface area contributed by atoms with Gasteiger partial charge in [0.05, 0.1) is 10.6 Å². The van der Waals surface area contributed by atoms with Crippen LogP contribution in [0.3, 0.4) is 0 Å². The lowest BCUT2D eigenvalue weighted by Gasteiger charge is -2.28. The van der Waals surface area contributed by atoms with Crippen LogP contribution in [-0.4, -0.2) is 26.9 Å². The first-order valence-electron chi connectivity index (χ1n) is 11.2. The van der Waals surface area contributed by atoms with Crippen LogP contribution in [0.4, 0.5) is 5.69 Å². The van der Waals surface area contributed by atoms with Crippen molar-refractivity contribution in [2.75, 3.05) is 10.8 Å². The van der Waals surface area contributed by atoms with E-state index in [1.165, 1.54) is 23.6 Å². The predicted molar refractivity (Wildman–Crippen MR) is 126 cm³/mol. The summed E-state index contributed by atoms with van der Waals surface area (Å²) in [5, 5.41) is 3.11. The Morgan fingerprint density at radius 3 is 2.13 bits per heavy atom. The van der Waals surface area contributed by atoms with Crippen LogP contribution in [0.15, 0.2) is 47.4 Å². The summed E-state index contributed by atoms with van der Waals surface area (Å²) in [6.45, 7) is 5.49. The molecule has 0 unspecified atom stereocenters. The van der Waals surface area contributed by atoms with Crippen LogP contribution >= 0.6 is 0 Å². The van der Waals surface area contributed by atoms with Gasteiger partial charge in [-0.25, -0.2) is 8.42 Å². The first-order chi connectivity index (χ1) is 14.8. The Kier molecular flexibility index (Phi) is 7.76. The zero-order valence-electron chi connectivity index (χ0n) is 18.9. The number of benzene rings is 2. The Hall–Kier alpha value is -2.34. The van der Waals surface area contributed by atoms with Crippen LogP contribution in [-0.2, 0) is 14.8 Å². The van der Waals surface area contributed by atoms with E-state index in [0.29, 0.717) is 5.69 Å². The fraction of sp³-hybridized carbons (Fsp3) is 0.480. The maximum absolute atomic E-state index is 13.6. The number of hydrogen-bond donors (Lipinski definition) is 1. The molecule has 2 aromatic carbocycles. The fourth-order valence-electron chi connectivity index (χ4n) is 4.13. The first kappa shape index (κ1) is 23.3. The van der Waals surface area contributed by atoms with Gasteiger partial charge in [0.2, 0.25) is 5.91 Å². The number of rotatable bonds is 6. The maximum Gasteiger partial charge on any atom is 0.264 e. The normalized spacial score (nSPS) is 15.7. The van der Waals surface area contributed by atoms with Gasteiger partial charge in [-0.3, -0.25) is 9.10 Å². The highest BCUT2D eigenvalue weighted by atomic mass is 32.2. The number of hydrogen-bond acceptors (Lipinski definition) is 3. The highest BCUT2D eigenvalue weighted by Gasteiger charge is 2.29. The average Bonchev–Trinajstić information content (AvgIpc) is 2.70. The van der Waals surface area contributed by atoms with Crippen molar-refractivity contribution in [3.05, 3.63) is 59.2 Å². The second kappa shape index (κ2) is 10.3. The van der Waals surface area contributed by atoms with Crippen LogP contribution in [0.2, 0.25) is 0 Å². The van der Waals surface area contributed by atoms with Crippen molar-refractivity contribution in [3.63, 3.8) is 0 Å². The van der Waals surface area contributed by atoms with Gasteiger partial charge in [0, 0.05) is 6.04 Å². The van der Waals surface area contributed by atoms with Gasteiger partial charge in [-0.2, -0.15) is 0 Å². The molecule has 6 heteroatoms. The topological polar surface area (TPSA) is 66.5 Å². The Morgan fingerprint density at radius 2 is 1.48 bits per heavy atom. The molecule has 0 radical (unpaired) electrons. The molecule has 1 aliphatic carbocycles. The molecule has 1 saturated carbocycles. The predicted octanol–water partition coefficient (Wildman–Crippen LogP) is 5.04. The molecule has 0 spiro atoms. The van der Waals surface area contributed by atoms with E-state index in [0.717, 1.165) is 42.4 Å². The minimum atomic E-state index is -3.89. The van der Waals surface area contributed by atoms with Crippen molar-refractivity contribution in [2.45, 2.75) is 76.7 Å². The third-order valence-electron chi connectivity index (χ3n) is 6.00. The van der Waals surface area contributed by atoms with Crippen LogP contribution in [0, 0.1) is 20.8 Å². The summed E-state index contributed by atoms with van der Waals surface area (Å²) in [4.78, 5) is 13.2. The number of amides is 1. The quantitative estimate of drug-likeness (QED) is 0.682. The number of carbonyl (C=O) groups is 1. The van der Waals surface area contributed by atoms with E-state index >= 15 is 0 Å². The van der Waals surface area contributed by atoms with Crippen molar-refractivity contribution in [1.82, 2.24) is 5.32 Å². The molecule has 3 rings (SSSR count). The summed E-state index contributed by atoms with van der Waals surface area (Å²) in [7, 11) is -3.89. The molecule has 31 heavy (non-hydrogen) atoms. The van der Waals surface area contributed by atoms with E-state index in [9.17, 15) is 13.2 Å². The first-order valence-corrected chi connectivity index (χ1v) is 12.7. The zero-order chi connectivity index (χ0) is 22.4. The third kappa shape index (κ3) is 6.10. The number of carbonyl (C=O) groups excluding carboxylic acids is 1. The van der Waals surface area contributed by atoms with Crippen LogP contribution in [0.25, 0.3) is 0 Å². The number of nitrogens with zero attached hydrogens (tertiary/aromatic N) is 1. The number of anilines is 1. The van der Waals surface area contributed by atoms with E-state index in [1.54, 1.807) is 24.3 Å². The molecule has 5 nitrogen and oxygen atoms in total. The summed E-state index contributed by atoms with van der Waals surface area (Å²) in [6, 6.07) is 12.6. The van der Waals surface area contributed by atoms with Crippen LogP contribution < -0.4 is 9.62 Å². The van der Waals surface area contributed by atoms with Gasteiger partial charge in [0.15, 0.2) is 0 Å². The second-order valence-corrected chi connectivity index (χ2v) is 10.6. The minimum absolute atomic E-state index is 0.121. The van der Waals surface area contributed by atoms with E-state index in [1.807, 2.05) is 39.0 Å². The lowest BCUT2D eigenvalue weighted by atomic mass is 9.97. The Balaban J connectivity index is 1.89. The summed E-state index contributed by atoms with van der Waals surface area (Å²) in [5.74, 6) is -0.248. The molecule has 1 N–H and O–H groups in total. The summed E-state index contributed by atoms with van der Waals surface area (Å²) in [5.41, 5.74) is 3.30.